The molecule has 5 rings (SSSR count). The summed E-state index contributed by atoms with van der Waals surface area (Å²) < 4.78 is 10.9. The number of carbonyl (C=O) groups is 2. The molecule has 9 atom stereocenters. The molecule has 0 N–H and O–H groups in total. The van der Waals surface area contributed by atoms with Crippen LogP contribution in [0.5, 0.6) is 0 Å². The van der Waals surface area contributed by atoms with Crippen molar-refractivity contribution in [1.82, 2.24) is 0 Å². The van der Waals surface area contributed by atoms with Crippen molar-refractivity contribution in [2.75, 3.05) is 7.11 Å². The van der Waals surface area contributed by atoms with Crippen LogP contribution in [0.2, 0.25) is 0 Å². The van der Waals surface area contributed by atoms with Crippen LogP contribution in [-0.4, -0.2) is 31.1 Å². The topological polar surface area (TPSA) is 55.9 Å². The highest BCUT2D eigenvalue weighted by atomic mass is 16.6. The van der Waals surface area contributed by atoms with Crippen LogP contribution < -0.4 is 0 Å². The van der Waals surface area contributed by atoms with Crippen molar-refractivity contribution >= 4 is 11.8 Å². The Morgan fingerprint density at radius 2 is 1.92 bits per heavy atom. The maximum atomic E-state index is 13.4. The van der Waals surface area contributed by atoms with Gasteiger partial charge >= 0.3 is 5.97 Å². The van der Waals surface area contributed by atoms with Crippen LogP contribution in [0.15, 0.2) is 0 Å². The number of rotatable bonds is 1. The Labute approximate surface area is 150 Å². The van der Waals surface area contributed by atoms with Gasteiger partial charge in [0, 0.05) is 12.3 Å². The van der Waals surface area contributed by atoms with Crippen LogP contribution in [-0.2, 0) is 19.1 Å². The maximum absolute atomic E-state index is 13.4. The Bertz CT molecular complexity index is 629. The second kappa shape index (κ2) is 5.09. The molecule has 0 spiro atoms. The van der Waals surface area contributed by atoms with Gasteiger partial charge in [0.1, 0.15) is 5.78 Å². The van der Waals surface area contributed by atoms with E-state index < -0.39 is 0 Å². The van der Waals surface area contributed by atoms with Crippen molar-refractivity contribution in [1.29, 1.82) is 0 Å². The predicted octanol–water partition coefficient (Wildman–Crippen LogP) is 3.37. The summed E-state index contributed by atoms with van der Waals surface area (Å²) in [5, 5.41) is 0. The molecule has 4 aliphatic carbocycles. The molecule has 4 saturated carbocycles. The van der Waals surface area contributed by atoms with Crippen LogP contribution in [0.3, 0.4) is 0 Å². The van der Waals surface area contributed by atoms with Gasteiger partial charge in [-0.15, -0.1) is 0 Å². The molecule has 0 bridgehead atoms. The first-order valence-electron chi connectivity index (χ1n) is 10.1. The van der Waals surface area contributed by atoms with Gasteiger partial charge in [-0.1, -0.05) is 13.8 Å². The van der Waals surface area contributed by atoms with Gasteiger partial charge in [-0.3, -0.25) is 9.59 Å². The number of methoxy groups -OCH3 is 1. The lowest BCUT2D eigenvalue weighted by atomic mass is 9.44. The van der Waals surface area contributed by atoms with E-state index in [0.29, 0.717) is 42.2 Å². The smallest absolute Gasteiger partial charge is 0.309 e. The van der Waals surface area contributed by atoms with Gasteiger partial charge < -0.3 is 9.47 Å². The summed E-state index contributed by atoms with van der Waals surface area (Å²) in [5.41, 5.74) is -0.0792. The molecule has 0 radical (unpaired) electrons. The number of fused-ring (bicyclic) bond motifs is 6. The van der Waals surface area contributed by atoms with Gasteiger partial charge in [-0.25, -0.2) is 0 Å². The van der Waals surface area contributed by atoms with Crippen LogP contribution >= 0.6 is 0 Å². The fourth-order valence-electron chi connectivity index (χ4n) is 7.87. The van der Waals surface area contributed by atoms with Crippen molar-refractivity contribution in [2.24, 2.45) is 40.4 Å². The van der Waals surface area contributed by atoms with Gasteiger partial charge in [0.2, 0.25) is 0 Å². The molecule has 1 heterocycles. The zero-order chi connectivity index (χ0) is 17.6. The lowest BCUT2D eigenvalue weighted by Gasteiger charge is -2.58. The fourth-order valence-corrected chi connectivity index (χ4v) is 7.87. The molecule has 1 aliphatic heterocycles. The van der Waals surface area contributed by atoms with E-state index in [2.05, 4.69) is 13.8 Å². The lowest BCUT2D eigenvalue weighted by molar-refractivity contribution is -0.163. The van der Waals surface area contributed by atoms with Gasteiger partial charge in [0.15, 0.2) is 0 Å². The second-order valence-corrected chi connectivity index (χ2v) is 9.98. The molecule has 0 aromatic carbocycles. The number of hydrogen-bond acceptors (Lipinski definition) is 4. The number of hydrogen-bond donors (Lipinski definition) is 0. The number of Topliss-reactive ketones (excluding diaryl/α,β-unsaturated/α-hetero) is 1. The molecule has 5 fully saturated rings. The predicted molar refractivity (Wildman–Crippen MR) is 91.7 cm³/mol. The van der Waals surface area contributed by atoms with Crippen LogP contribution in [0.1, 0.15) is 58.8 Å². The van der Waals surface area contributed by atoms with E-state index in [1.165, 1.54) is 13.5 Å². The molecule has 0 aromatic heterocycles. The SMILES string of the molecule is COC(=O)[C@H]1CC[C@H]2[C@@H]3CC[C@H]4C[C@@H]5O[C@@H]5C[C@]4(C)[C@H]3C(=O)C[C@]12C. The molecule has 0 amide bonds. The Hall–Kier alpha value is -0.900. The van der Waals surface area contributed by atoms with Gasteiger partial charge in [0.05, 0.1) is 25.2 Å². The summed E-state index contributed by atoms with van der Waals surface area (Å²) in [6.45, 7) is 4.56. The molecular formula is C21H30O4. The first kappa shape index (κ1) is 16.3. The van der Waals surface area contributed by atoms with Crippen LogP contribution in [0.25, 0.3) is 0 Å². The van der Waals surface area contributed by atoms with Gasteiger partial charge in [-0.05, 0) is 67.1 Å². The van der Waals surface area contributed by atoms with Crippen molar-refractivity contribution in [2.45, 2.75) is 71.0 Å². The van der Waals surface area contributed by atoms with Gasteiger partial charge in [0.25, 0.3) is 0 Å². The van der Waals surface area contributed by atoms with Crippen molar-refractivity contribution < 1.29 is 19.1 Å². The third-order valence-corrected chi connectivity index (χ3v) is 9.08. The third-order valence-electron chi connectivity index (χ3n) is 9.08. The summed E-state index contributed by atoms with van der Waals surface area (Å²) in [5.74, 6) is 2.00. The lowest BCUT2D eigenvalue weighted by Crippen LogP contribution is -2.57. The quantitative estimate of drug-likeness (QED) is 0.539. The molecule has 25 heavy (non-hydrogen) atoms. The van der Waals surface area contributed by atoms with Gasteiger partial charge in [-0.2, -0.15) is 0 Å². The Balaban J connectivity index is 1.49. The molecule has 5 aliphatic rings. The Kier molecular flexibility index (Phi) is 3.31. The zero-order valence-corrected chi connectivity index (χ0v) is 15.6. The van der Waals surface area contributed by atoms with Crippen LogP contribution in [0, 0.1) is 40.4 Å². The molecule has 0 unspecified atom stereocenters. The average molecular weight is 346 g/mol. The molecule has 1 saturated heterocycles. The summed E-state index contributed by atoms with van der Waals surface area (Å²) in [7, 11) is 1.48. The highest BCUT2D eigenvalue weighted by Crippen LogP contribution is 2.67. The molecule has 4 heteroatoms. The fraction of sp³-hybridized carbons (Fsp3) is 0.905. The molecular weight excluding hydrogens is 316 g/mol. The van der Waals surface area contributed by atoms with Crippen molar-refractivity contribution in [3.63, 3.8) is 0 Å². The van der Waals surface area contributed by atoms with E-state index in [1.54, 1.807) is 0 Å². The minimum atomic E-state index is -0.193. The number of epoxide rings is 1. The van der Waals surface area contributed by atoms with E-state index in [9.17, 15) is 9.59 Å². The van der Waals surface area contributed by atoms with E-state index in [1.807, 2.05) is 0 Å². The van der Waals surface area contributed by atoms with Crippen molar-refractivity contribution in [3.05, 3.63) is 0 Å². The Morgan fingerprint density at radius 3 is 2.68 bits per heavy atom. The largest absolute Gasteiger partial charge is 0.469 e. The van der Waals surface area contributed by atoms with E-state index in [-0.39, 0.29) is 28.6 Å². The number of carbonyl (C=O) groups excluding carboxylic acids is 2. The number of ketones is 1. The highest BCUT2D eigenvalue weighted by Gasteiger charge is 2.66. The zero-order valence-electron chi connectivity index (χ0n) is 15.6. The minimum absolute atomic E-state index is 0.0968. The molecule has 4 nitrogen and oxygen atoms in total. The number of ether oxygens (including phenoxy) is 2. The van der Waals surface area contributed by atoms with E-state index in [4.69, 9.17) is 9.47 Å². The second-order valence-electron chi connectivity index (χ2n) is 9.98. The van der Waals surface area contributed by atoms with E-state index in [0.717, 1.165) is 32.1 Å². The Morgan fingerprint density at radius 1 is 1.12 bits per heavy atom. The molecule has 138 valence electrons. The molecule has 0 aromatic rings. The van der Waals surface area contributed by atoms with Crippen molar-refractivity contribution in [3.8, 4) is 0 Å². The monoisotopic (exact) mass is 346 g/mol. The summed E-state index contributed by atoms with van der Waals surface area (Å²) >= 11 is 0. The first-order chi connectivity index (χ1) is 11.9. The highest BCUT2D eigenvalue weighted by molar-refractivity contribution is 5.86. The van der Waals surface area contributed by atoms with Crippen LogP contribution in [0.4, 0.5) is 0 Å². The average Bonchev–Trinajstić information content (AvgIpc) is 3.21. The van der Waals surface area contributed by atoms with E-state index >= 15 is 0 Å². The number of esters is 1. The first-order valence-corrected chi connectivity index (χ1v) is 10.1. The standard InChI is InChI=1S/C21H30O4/c1-20-10-17-16(25-17)8-11(20)4-5-12-13-6-7-14(19(23)24-3)21(13,2)9-15(22)18(12)20/h11-14,16-18H,4-10H2,1-3H3/t11-,12-,13-,14+,16-,17+,18+,20-,21-/m0/s1. The summed E-state index contributed by atoms with van der Waals surface area (Å²) in [6.07, 6.45) is 8.03. The third kappa shape index (κ3) is 2.03. The minimum Gasteiger partial charge on any atom is -0.469 e. The maximum Gasteiger partial charge on any atom is 0.309 e. The normalized spacial score (nSPS) is 56.3. The summed E-state index contributed by atoms with van der Waals surface area (Å²) in [6, 6.07) is 0. The summed E-state index contributed by atoms with van der Waals surface area (Å²) in [4.78, 5) is 25.8.